The summed E-state index contributed by atoms with van der Waals surface area (Å²) in [7, 11) is 3.37. The number of H-pyrrole nitrogens is 1. The molecule has 0 aliphatic rings. The first-order chi connectivity index (χ1) is 14.7. The van der Waals surface area contributed by atoms with Crippen molar-refractivity contribution in [3.8, 4) is 0 Å². The molecule has 0 atom stereocenters. The molecule has 0 saturated heterocycles. The number of thiazole rings is 3. The highest BCUT2D eigenvalue weighted by Crippen LogP contribution is 2.43. The minimum Gasteiger partial charge on any atom is -0.337 e. The average Bonchev–Trinajstić information content (AvgIpc) is 3.47. The molecule has 30 heavy (non-hydrogen) atoms. The zero-order valence-electron chi connectivity index (χ0n) is 15.3. The Kier molecular flexibility index (Phi) is 6.17. The lowest BCUT2D eigenvalue weighted by molar-refractivity contribution is 1.31. The van der Waals surface area contributed by atoms with Gasteiger partial charge in [-0.05, 0) is 70.2 Å². The summed E-state index contributed by atoms with van der Waals surface area (Å²) in [6, 6.07) is 24.6. The van der Waals surface area contributed by atoms with Gasteiger partial charge in [0.15, 0.2) is 12.6 Å². The molecule has 1 N–H and O–H groups in total. The quantitative estimate of drug-likeness (QED) is 0.195. The fraction of sp³-hybridized carbons (Fsp3) is 0. The normalized spacial score (nSPS) is 11.1. The number of aromatic amines is 1. The van der Waals surface area contributed by atoms with E-state index < -0.39 is 0 Å². The van der Waals surface area contributed by atoms with Crippen LogP contribution in [0.5, 0.6) is 0 Å². The average molecular weight is 500 g/mol. The van der Waals surface area contributed by atoms with Gasteiger partial charge in [-0.1, -0.05) is 36.4 Å². The Morgan fingerprint density at radius 2 is 1.13 bits per heavy atom. The predicted molar refractivity (Wildman–Crippen MR) is 138 cm³/mol. The number of para-hydroxylation sites is 3. The van der Waals surface area contributed by atoms with Crippen molar-refractivity contribution in [2.75, 3.05) is 0 Å². The van der Waals surface area contributed by atoms with Crippen molar-refractivity contribution in [2.24, 2.45) is 0 Å². The molecule has 0 bridgehead atoms. The molecule has 0 radical (unpaired) electrons. The summed E-state index contributed by atoms with van der Waals surface area (Å²) in [5.41, 5.74) is 3.28. The van der Waals surface area contributed by atoms with Crippen molar-refractivity contribution in [2.45, 2.75) is 8.68 Å². The molecule has 0 fully saturated rings. The van der Waals surface area contributed by atoms with Gasteiger partial charge in [0, 0.05) is 0 Å². The number of fused-ring (bicyclic) bond motifs is 3. The Hall–Kier alpha value is -1.75. The lowest BCUT2D eigenvalue weighted by Crippen LogP contribution is -1.67. The van der Waals surface area contributed by atoms with Crippen LogP contribution >= 0.6 is 67.8 Å². The van der Waals surface area contributed by atoms with Gasteiger partial charge in [-0.2, -0.15) is 0 Å². The summed E-state index contributed by atoms with van der Waals surface area (Å²) < 4.78 is 6.71. The van der Waals surface area contributed by atoms with Gasteiger partial charge in [-0.3, -0.25) is 0 Å². The van der Waals surface area contributed by atoms with Crippen LogP contribution in [0.3, 0.4) is 0 Å². The van der Waals surface area contributed by atoms with E-state index in [1.54, 1.807) is 55.6 Å². The number of hydrogen-bond donors (Lipinski definition) is 1. The van der Waals surface area contributed by atoms with E-state index in [-0.39, 0.29) is 0 Å². The first-order valence-corrected chi connectivity index (χ1v) is 13.9. The van der Waals surface area contributed by atoms with Gasteiger partial charge >= 0.3 is 0 Å². The van der Waals surface area contributed by atoms with Gasteiger partial charge in [0.25, 0.3) is 0 Å². The lowest BCUT2D eigenvalue weighted by atomic mass is 10.3. The molecule has 0 saturated carbocycles. The van der Waals surface area contributed by atoms with Crippen LogP contribution in [0, 0.1) is 3.95 Å². The monoisotopic (exact) mass is 499 g/mol. The zero-order chi connectivity index (χ0) is 20.3. The maximum atomic E-state index is 4.98. The smallest absolute Gasteiger partial charge is 0.162 e. The van der Waals surface area contributed by atoms with Gasteiger partial charge in [0.05, 0.1) is 30.6 Å². The second-order valence-corrected chi connectivity index (χ2v) is 12.5. The molecule has 9 heteroatoms. The Morgan fingerprint density at radius 3 is 1.67 bits per heavy atom. The van der Waals surface area contributed by atoms with Crippen LogP contribution in [0.1, 0.15) is 0 Å². The number of nitrogens with zero attached hydrogens (tertiary/aromatic N) is 2. The van der Waals surface area contributed by atoms with E-state index in [2.05, 4.69) is 57.4 Å². The SMILES string of the molecule is S=c1[nH]c2ccccc2s1.c1ccc2sc(SSc3nc4ccccc4s3)nc2c1. The molecular weight excluding hydrogens is 487 g/mol. The fourth-order valence-corrected chi connectivity index (χ4v) is 8.35. The first kappa shape index (κ1) is 20.2. The lowest BCUT2D eigenvalue weighted by Gasteiger charge is -1.90. The molecular formula is C21H13N3S6. The maximum absolute atomic E-state index is 4.98. The zero-order valence-corrected chi connectivity index (χ0v) is 20.2. The van der Waals surface area contributed by atoms with Gasteiger partial charge in [0.1, 0.15) is 0 Å². The highest BCUT2D eigenvalue weighted by molar-refractivity contribution is 8.77. The molecule has 148 valence electrons. The summed E-state index contributed by atoms with van der Waals surface area (Å²) in [5, 5.41) is 0. The maximum Gasteiger partial charge on any atom is 0.162 e. The molecule has 3 nitrogen and oxygen atoms in total. The van der Waals surface area contributed by atoms with E-state index in [0.29, 0.717) is 0 Å². The Morgan fingerprint density at radius 1 is 0.633 bits per heavy atom. The standard InChI is InChI=1S/C14H8N2S4.C7H5NS2/c1-3-7-11-9(5-1)15-13(17-11)19-20-14-16-10-6-2-4-8-12(10)18-14;9-7-8-5-3-1-2-4-6(5)10-7/h1-8H;1-4H,(H,8,9). The van der Waals surface area contributed by atoms with Gasteiger partial charge in [-0.15, -0.1) is 34.0 Å². The minimum absolute atomic E-state index is 0.848. The molecule has 3 heterocycles. The summed E-state index contributed by atoms with van der Waals surface area (Å²) in [6.07, 6.45) is 0. The highest BCUT2D eigenvalue weighted by atomic mass is 33.1. The molecule has 0 aliphatic carbocycles. The van der Waals surface area contributed by atoms with Crippen LogP contribution in [0.25, 0.3) is 30.6 Å². The number of hydrogen-bond acceptors (Lipinski definition) is 8. The third-order valence-electron chi connectivity index (χ3n) is 4.06. The van der Waals surface area contributed by atoms with Crippen LogP contribution in [0.2, 0.25) is 0 Å². The Bertz CT molecular complexity index is 1320. The van der Waals surface area contributed by atoms with E-state index in [4.69, 9.17) is 12.2 Å². The summed E-state index contributed by atoms with van der Waals surface area (Å²) in [5.74, 6) is 0. The van der Waals surface area contributed by atoms with Crippen LogP contribution < -0.4 is 0 Å². The second-order valence-electron chi connectivity index (χ2n) is 6.07. The summed E-state index contributed by atoms with van der Waals surface area (Å²) >= 11 is 10.0. The third-order valence-corrected chi connectivity index (χ3v) is 10.3. The van der Waals surface area contributed by atoms with Crippen LogP contribution in [0.4, 0.5) is 0 Å². The van der Waals surface area contributed by atoms with Crippen molar-refractivity contribution in [1.82, 2.24) is 15.0 Å². The van der Waals surface area contributed by atoms with Crippen molar-refractivity contribution in [3.05, 3.63) is 76.8 Å². The van der Waals surface area contributed by atoms with Crippen LogP contribution in [0.15, 0.2) is 81.5 Å². The van der Waals surface area contributed by atoms with Crippen LogP contribution in [-0.4, -0.2) is 15.0 Å². The first-order valence-electron chi connectivity index (χ1n) is 8.88. The molecule has 0 unspecified atom stereocenters. The molecule has 6 rings (SSSR count). The van der Waals surface area contributed by atoms with E-state index in [0.717, 1.165) is 29.2 Å². The number of rotatable bonds is 3. The number of nitrogens with one attached hydrogen (secondary N) is 1. The largest absolute Gasteiger partial charge is 0.337 e. The second kappa shape index (κ2) is 9.17. The topological polar surface area (TPSA) is 41.6 Å². The Labute approximate surface area is 197 Å². The number of benzene rings is 3. The molecule has 3 aromatic carbocycles. The van der Waals surface area contributed by atoms with Gasteiger partial charge in [0.2, 0.25) is 0 Å². The Balaban J connectivity index is 0.000000161. The summed E-state index contributed by atoms with van der Waals surface area (Å²) in [4.78, 5) is 12.3. The van der Waals surface area contributed by atoms with Crippen molar-refractivity contribution in [3.63, 3.8) is 0 Å². The van der Waals surface area contributed by atoms with E-state index in [9.17, 15) is 0 Å². The fourth-order valence-electron chi connectivity index (χ4n) is 2.74. The van der Waals surface area contributed by atoms with E-state index >= 15 is 0 Å². The van der Waals surface area contributed by atoms with Crippen molar-refractivity contribution in [1.29, 1.82) is 0 Å². The molecule has 0 amide bonds. The predicted octanol–water partition coefficient (Wildman–Crippen LogP) is 8.66. The van der Waals surface area contributed by atoms with Gasteiger partial charge < -0.3 is 4.98 Å². The number of aromatic nitrogens is 3. The van der Waals surface area contributed by atoms with E-state index in [1.807, 2.05) is 30.3 Å². The van der Waals surface area contributed by atoms with E-state index in [1.165, 1.54) is 14.1 Å². The molecule has 6 aromatic rings. The van der Waals surface area contributed by atoms with Crippen LogP contribution in [-0.2, 0) is 0 Å². The summed E-state index contributed by atoms with van der Waals surface area (Å²) in [6.45, 7) is 0. The van der Waals surface area contributed by atoms with Crippen molar-refractivity contribution >= 4 is 98.5 Å². The molecule has 0 aliphatic heterocycles. The highest BCUT2D eigenvalue weighted by Gasteiger charge is 2.08. The molecule has 3 aromatic heterocycles. The van der Waals surface area contributed by atoms with Crippen molar-refractivity contribution < 1.29 is 0 Å². The minimum atomic E-state index is 0.848. The molecule has 0 spiro atoms. The third kappa shape index (κ3) is 4.61. The van der Waals surface area contributed by atoms with Gasteiger partial charge in [-0.25, -0.2) is 9.97 Å².